The first-order valence-electron chi connectivity index (χ1n) is 5.08. The van der Waals surface area contributed by atoms with Crippen molar-refractivity contribution in [2.45, 2.75) is 26.2 Å². The third kappa shape index (κ3) is 3.86. The van der Waals surface area contributed by atoms with E-state index in [0.29, 0.717) is 15.6 Å². The van der Waals surface area contributed by atoms with Crippen molar-refractivity contribution in [1.82, 2.24) is 4.98 Å². The molecule has 0 bridgehead atoms. The highest BCUT2D eigenvalue weighted by Crippen LogP contribution is 2.22. The molecule has 0 aliphatic rings. The van der Waals surface area contributed by atoms with Crippen LogP contribution in [-0.4, -0.2) is 32.0 Å². The van der Waals surface area contributed by atoms with E-state index in [-0.39, 0.29) is 23.9 Å². The molecule has 0 aromatic carbocycles. The monoisotopic (exact) mass is 277 g/mol. The number of ketones is 1. The smallest absolute Gasteiger partial charge is 0.171 e. The lowest BCUT2D eigenvalue weighted by Crippen LogP contribution is -2.06. The standard InChI is InChI=1S/C10H15NO4S2/c1-4-17(13,14)6-9-11-8(5-15-3)10(16-9)7(2)12/h4-6H2,1-3H3. The van der Waals surface area contributed by atoms with Gasteiger partial charge in [-0.1, -0.05) is 6.92 Å². The van der Waals surface area contributed by atoms with Gasteiger partial charge < -0.3 is 4.74 Å². The van der Waals surface area contributed by atoms with Crippen LogP contribution in [0.25, 0.3) is 0 Å². The maximum atomic E-state index is 11.5. The highest BCUT2D eigenvalue weighted by Gasteiger charge is 2.18. The zero-order valence-corrected chi connectivity index (χ0v) is 11.7. The molecule has 0 saturated heterocycles. The Morgan fingerprint density at radius 3 is 2.59 bits per heavy atom. The van der Waals surface area contributed by atoms with Gasteiger partial charge in [-0.3, -0.25) is 4.79 Å². The van der Waals surface area contributed by atoms with E-state index in [4.69, 9.17) is 4.74 Å². The summed E-state index contributed by atoms with van der Waals surface area (Å²) >= 11 is 1.13. The Bertz CT molecular complexity index is 504. The molecule has 96 valence electrons. The second-order valence-electron chi connectivity index (χ2n) is 3.55. The Morgan fingerprint density at radius 2 is 2.12 bits per heavy atom. The molecule has 1 aromatic heterocycles. The topological polar surface area (TPSA) is 73.3 Å². The second kappa shape index (κ2) is 5.70. The van der Waals surface area contributed by atoms with E-state index in [1.165, 1.54) is 14.0 Å². The minimum absolute atomic E-state index is 0.0710. The van der Waals surface area contributed by atoms with Crippen molar-refractivity contribution in [1.29, 1.82) is 0 Å². The normalized spacial score (nSPS) is 11.7. The van der Waals surface area contributed by atoms with Crippen LogP contribution >= 0.6 is 11.3 Å². The van der Waals surface area contributed by atoms with Gasteiger partial charge in [0, 0.05) is 19.8 Å². The molecule has 0 aliphatic carbocycles. The SMILES string of the molecule is CCS(=O)(=O)Cc1nc(COC)c(C(C)=O)s1. The molecule has 0 atom stereocenters. The number of hydrogen-bond acceptors (Lipinski definition) is 6. The third-order valence-corrected chi connectivity index (χ3v) is 5.10. The molecule has 0 radical (unpaired) electrons. The van der Waals surface area contributed by atoms with Gasteiger partial charge in [-0.25, -0.2) is 13.4 Å². The number of aromatic nitrogens is 1. The van der Waals surface area contributed by atoms with Gasteiger partial charge in [0.05, 0.1) is 17.2 Å². The van der Waals surface area contributed by atoms with Gasteiger partial charge in [-0.15, -0.1) is 11.3 Å². The number of carbonyl (C=O) groups is 1. The minimum atomic E-state index is -3.12. The molecular formula is C10H15NO4S2. The summed E-state index contributed by atoms with van der Waals surface area (Å²) in [4.78, 5) is 16.0. The van der Waals surface area contributed by atoms with Crippen molar-refractivity contribution in [2.24, 2.45) is 0 Å². The van der Waals surface area contributed by atoms with Crippen LogP contribution in [0.4, 0.5) is 0 Å². The molecular weight excluding hydrogens is 262 g/mol. The van der Waals surface area contributed by atoms with Crippen molar-refractivity contribution in [2.75, 3.05) is 12.9 Å². The van der Waals surface area contributed by atoms with Gasteiger partial charge >= 0.3 is 0 Å². The van der Waals surface area contributed by atoms with E-state index in [0.717, 1.165) is 11.3 Å². The number of rotatable bonds is 6. The number of hydrogen-bond donors (Lipinski definition) is 0. The summed E-state index contributed by atoms with van der Waals surface area (Å²) < 4.78 is 27.9. The number of ether oxygens (including phenoxy) is 1. The van der Waals surface area contributed by atoms with Crippen molar-refractivity contribution >= 4 is 27.0 Å². The van der Waals surface area contributed by atoms with Crippen LogP contribution in [0.1, 0.15) is 34.2 Å². The highest BCUT2D eigenvalue weighted by atomic mass is 32.2. The molecule has 0 aliphatic heterocycles. The van der Waals surface area contributed by atoms with E-state index in [1.807, 2.05) is 0 Å². The molecule has 0 amide bonds. The summed E-state index contributed by atoms with van der Waals surface area (Å²) in [7, 11) is -1.62. The van der Waals surface area contributed by atoms with E-state index in [1.54, 1.807) is 6.92 Å². The molecule has 0 fully saturated rings. The summed E-state index contributed by atoms with van der Waals surface area (Å²) in [6.45, 7) is 3.24. The number of carbonyl (C=O) groups excluding carboxylic acids is 1. The van der Waals surface area contributed by atoms with Crippen molar-refractivity contribution in [3.63, 3.8) is 0 Å². The average Bonchev–Trinajstić information content (AvgIpc) is 2.61. The van der Waals surface area contributed by atoms with E-state index >= 15 is 0 Å². The van der Waals surface area contributed by atoms with Crippen molar-refractivity contribution in [3.05, 3.63) is 15.6 Å². The molecule has 0 N–H and O–H groups in total. The number of methoxy groups -OCH3 is 1. The van der Waals surface area contributed by atoms with Crippen LogP contribution in [0, 0.1) is 0 Å². The van der Waals surface area contributed by atoms with Crippen LogP contribution in [-0.2, 0) is 26.9 Å². The molecule has 17 heavy (non-hydrogen) atoms. The van der Waals surface area contributed by atoms with Gasteiger partial charge in [0.15, 0.2) is 15.6 Å². The Kier molecular flexibility index (Phi) is 4.79. The van der Waals surface area contributed by atoms with Crippen molar-refractivity contribution in [3.8, 4) is 0 Å². The van der Waals surface area contributed by atoms with Gasteiger partial charge in [0.25, 0.3) is 0 Å². The lowest BCUT2D eigenvalue weighted by atomic mass is 10.3. The fourth-order valence-electron chi connectivity index (χ4n) is 1.26. The molecule has 0 spiro atoms. The van der Waals surface area contributed by atoms with E-state index in [2.05, 4.69) is 4.98 Å². The maximum Gasteiger partial charge on any atom is 0.171 e. The fourth-order valence-corrected chi connectivity index (χ4v) is 3.44. The van der Waals surface area contributed by atoms with Gasteiger partial charge in [-0.2, -0.15) is 0 Å². The fraction of sp³-hybridized carbons (Fsp3) is 0.600. The zero-order valence-electron chi connectivity index (χ0n) is 10.0. The first kappa shape index (κ1) is 14.3. The predicted octanol–water partition coefficient (Wildman–Crippen LogP) is 1.43. The Balaban J connectivity index is 3.04. The van der Waals surface area contributed by atoms with Crippen LogP contribution in [0.15, 0.2) is 0 Å². The first-order valence-corrected chi connectivity index (χ1v) is 7.72. The Labute approximate surface area is 105 Å². The molecule has 7 heteroatoms. The largest absolute Gasteiger partial charge is 0.378 e. The second-order valence-corrected chi connectivity index (χ2v) is 6.99. The summed E-state index contributed by atoms with van der Waals surface area (Å²) in [6, 6.07) is 0. The first-order chi connectivity index (χ1) is 7.89. The number of nitrogens with zero attached hydrogens (tertiary/aromatic N) is 1. The molecule has 0 unspecified atom stereocenters. The van der Waals surface area contributed by atoms with E-state index < -0.39 is 9.84 Å². The Morgan fingerprint density at radius 1 is 1.47 bits per heavy atom. The lowest BCUT2D eigenvalue weighted by Gasteiger charge is -1.96. The average molecular weight is 277 g/mol. The quantitative estimate of drug-likeness (QED) is 0.735. The Hall–Kier alpha value is -0.790. The van der Waals surface area contributed by atoms with Gasteiger partial charge in [0.1, 0.15) is 10.8 Å². The maximum absolute atomic E-state index is 11.5. The van der Waals surface area contributed by atoms with Crippen LogP contribution in [0.2, 0.25) is 0 Å². The van der Waals surface area contributed by atoms with Crippen LogP contribution < -0.4 is 0 Å². The summed E-state index contributed by atoms with van der Waals surface area (Å²) in [5.74, 6) is -0.158. The predicted molar refractivity (Wildman–Crippen MR) is 66.0 cm³/mol. The van der Waals surface area contributed by atoms with E-state index in [9.17, 15) is 13.2 Å². The highest BCUT2D eigenvalue weighted by molar-refractivity contribution is 7.90. The number of Topliss-reactive ketones (excluding diaryl/α,β-unsaturated/α-hetero) is 1. The van der Waals surface area contributed by atoms with Gasteiger partial charge in [0.2, 0.25) is 0 Å². The molecule has 1 heterocycles. The van der Waals surface area contributed by atoms with Crippen molar-refractivity contribution < 1.29 is 17.9 Å². The zero-order chi connectivity index (χ0) is 13.1. The molecule has 1 rings (SSSR count). The number of sulfone groups is 1. The third-order valence-electron chi connectivity index (χ3n) is 2.13. The minimum Gasteiger partial charge on any atom is -0.378 e. The summed E-state index contributed by atoms with van der Waals surface area (Å²) in [6.07, 6.45) is 0. The molecule has 1 aromatic rings. The van der Waals surface area contributed by atoms with Gasteiger partial charge in [-0.05, 0) is 0 Å². The summed E-state index contributed by atoms with van der Waals surface area (Å²) in [5.41, 5.74) is 0.520. The molecule has 0 saturated carbocycles. The number of thiazole rings is 1. The van der Waals surface area contributed by atoms with Crippen LogP contribution in [0.5, 0.6) is 0 Å². The summed E-state index contributed by atoms with van der Waals surface area (Å²) in [5, 5.41) is 0.448. The van der Waals surface area contributed by atoms with Crippen LogP contribution in [0.3, 0.4) is 0 Å². The molecule has 5 nitrogen and oxygen atoms in total. The lowest BCUT2D eigenvalue weighted by molar-refractivity contribution is 0.101.